The lowest BCUT2D eigenvalue weighted by molar-refractivity contribution is 0.0775. The number of hydrogen-bond donors (Lipinski definition) is 0. The summed E-state index contributed by atoms with van der Waals surface area (Å²) in [7, 11) is 2.06. The number of nitrogens with zero attached hydrogens (tertiary/aromatic N) is 5. The Balaban J connectivity index is 1.30. The van der Waals surface area contributed by atoms with E-state index in [1.165, 1.54) is 11.6 Å². The number of fused-ring (bicyclic) bond motifs is 1. The first-order chi connectivity index (χ1) is 16.6. The van der Waals surface area contributed by atoms with Crippen LogP contribution in [-0.4, -0.2) is 57.1 Å². The van der Waals surface area contributed by atoms with Gasteiger partial charge < -0.3 is 4.90 Å². The first kappa shape index (κ1) is 22.1. The van der Waals surface area contributed by atoms with Crippen LogP contribution in [0, 0.1) is 5.82 Å². The summed E-state index contributed by atoms with van der Waals surface area (Å²) in [6, 6.07) is 16.9. The number of likely N-dealkylation sites (N-methyl/N-ethyl adjacent to an activating group) is 1. The maximum atomic E-state index is 14.7. The molecule has 1 aliphatic heterocycles. The molecule has 0 saturated carbocycles. The molecule has 2 aromatic carbocycles. The van der Waals surface area contributed by atoms with E-state index in [2.05, 4.69) is 27.1 Å². The van der Waals surface area contributed by atoms with Gasteiger partial charge in [0.15, 0.2) is 0 Å². The fraction of sp³-hybridized carbons (Fsp3) is 0.259. The SMILES string of the molecule is CN(Cc1ccncc1)[C@H]1CCN(C(=O)c2cc(Cc3nncc4ccccc34)ccc2F)C1. The second-order valence-corrected chi connectivity index (χ2v) is 8.83. The Bertz CT molecular complexity index is 1310. The summed E-state index contributed by atoms with van der Waals surface area (Å²) in [5.41, 5.74) is 2.93. The van der Waals surface area contributed by atoms with E-state index in [9.17, 15) is 9.18 Å². The highest BCUT2D eigenvalue weighted by Gasteiger charge is 2.30. The molecule has 1 fully saturated rings. The van der Waals surface area contributed by atoms with Crippen LogP contribution in [0.4, 0.5) is 4.39 Å². The number of carbonyl (C=O) groups excluding carboxylic acids is 1. The number of pyridine rings is 1. The van der Waals surface area contributed by atoms with Gasteiger partial charge in [-0.3, -0.25) is 14.7 Å². The quantitative estimate of drug-likeness (QED) is 0.438. The number of rotatable bonds is 6. The van der Waals surface area contributed by atoms with E-state index < -0.39 is 5.82 Å². The van der Waals surface area contributed by atoms with Crippen molar-refractivity contribution in [1.82, 2.24) is 25.0 Å². The summed E-state index contributed by atoms with van der Waals surface area (Å²) in [5.74, 6) is -0.755. The molecule has 5 rings (SSSR count). The summed E-state index contributed by atoms with van der Waals surface area (Å²) in [6.07, 6.45) is 6.64. The van der Waals surface area contributed by atoms with E-state index in [0.717, 1.165) is 35.0 Å². The minimum Gasteiger partial charge on any atom is -0.337 e. The van der Waals surface area contributed by atoms with E-state index >= 15 is 0 Å². The van der Waals surface area contributed by atoms with Gasteiger partial charge in [0.2, 0.25) is 0 Å². The molecule has 172 valence electrons. The highest BCUT2D eigenvalue weighted by atomic mass is 19.1. The van der Waals surface area contributed by atoms with Crippen molar-refractivity contribution in [3.8, 4) is 0 Å². The normalized spacial score (nSPS) is 15.9. The Hall–Kier alpha value is -3.71. The highest BCUT2D eigenvalue weighted by molar-refractivity contribution is 5.95. The van der Waals surface area contributed by atoms with Crippen molar-refractivity contribution in [3.63, 3.8) is 0 Å². The molecule has 2 aromatic heterocycles. The van der Waals surface area contributed by atoms with Crippen LogP contribution in [0.2, 0.25) is 0 Å². The number of amides is 1. The second-order valence-electron chi connectivity index (χ2n) is 8.83. The molecule has 6 nitrogen and oxygen atoms in total. The van der Waals surface area contributed by atoms with E-state index in [1.54, 1.807) is 35.6 Å². The van der Waals surface area contributed by atoms with E-state index in [-0.39, 0.29) is 17.5 Å². The lowest BCUT2D eigenvalue weighted by Crippen LogP contribution is -2.36. The number of hydrogen-bond acceptors (Lipinski definition) is 5. The zero-order valence-corrected chi connectivity index (χ0v) is 19.1. The molecule has 4 aromatic rings. The van der Waals surface area contributed by atoms with Crippen LogP contribution in [-0.2, 0) is 13.0 Å². The van der Waals surface area contributed by atoms with Crippen molar-refractivity contribution in [2.45, 2.75) is 25.4 Å². The summed E-state index contributed by atoms with van der Waals surface area (Å²) in [6.45, 7) is 1.98. The predicted octanol–water partition coefficient (Wildman–Crippen LogP) is 4.10. The van der Waals surface area contributed by atoms with Crippen molar-refractivity contribution < 1.29 is 9.18 Å². The molecule has 0 unspecified atom stereocenters. The van der Waals surface area contributed by atoms with Gasteiger partial charge in [-0.15, -0.1) is 0 Å². The van der Waals surface area contributed by atoms with Gasteiger partial charge in [-0.05, 0) is 48.9 Å². The van der Waals surface area contributed by atoms with Crippen LogP contribution in [0.25, 0.3) is 10.8 Å². The first-order valence-corrected chi connectivity index (χ1v) is 11.4. The van der Waals surface area contributed by atoms with Crippen LogP contribution in [0.1, 0.15) is 33.6 Å². The summed E-state index contributed by atoms with van der Waals surface area (Å²) in [4.78, 5) is 21.3. The lowest BCUT2D eigenvalue weighted by atomic mass is 10.0. The molecular weight excluding hydrogens is 429 g/mol. The van der Waals surface area contributed by atoms with Crippen molar-refractivity contribution in [1.29, 1.82) is 0 Å². The smallest absolute Gasteiger partial charge is 0.256 e. The maximum absolute atomic E-state index is 14.7. The Morgan fingerprint density at radius 2 is 1.94 bits per heavy atom. The molecule has 7 heteroatoms. The zero-order chi connectivity index (χ0) is 23.5. The van der Waals surface area contributed by atoms with Crippen LogP contribution in [0.5, 0.6) is 0 Å². The van der Waals surface area contributed by atoms with Gasteiger partial charge in [0.05, 0.1) is 17.5 Å². The molecule has 34 heavy (non-hydrogen) atoms. The standard InChI is InChI=1S/C27H26FN5O/c1-32(17-19-8-11-29-12-9-19)22-10-13-33(18-22)27(34)24-14-20(6-7-25(24)28)15-26-23-5-3-2-4-21(23)16-30-31-26/h2-9,11-12,14,16,22H,10,13,15,17-18H2,1H3/t22-/m0/s1. The molecule has 1 saturated heterocycles. The fourth-order valence-corrected chi connectivity index (χ4v) is 4.62. The molecular formula is C27H26FN5O. The van der Waals surface area contributed by atoms with Crippen molar-refractivity contribution in [2.75, 3.05) is 20.1 Å². The molecule has 1 aliphatic rings. The Morgan fingerprint density at radius 1 is 1.12 bits per heavy atom. The molecule has 1 atom stereocenters. The molecule has 1 amide bonds. The molecule has 0 aliphatic carbocycles. The number of aromatic nitrogens is 3. The van der Waals surface area contributed by atoms with Crippen molar-refractivity contribution >= 4 is 16.7 Å². The number of carbonyl (C=O) groups is 1. The highest BCUT2D eigenvalue weighted by Crippen LogP contribution is 2.23. The number of halogens is 1. The number of benzene rings is 2. The van der Waals surface area contributed by atoms with Gasteiger partial charge >= 0.3 is 0 Å². The van der Waals surface area contributed by atoms with Crippen LogP contribution >= 0.6 is 0 Å². The Labute approximate surface area is 198 Å². The van der Waals surface area contributed by atoms with Gasteiger partial charge in [0, 0.05) is 55.3 Å². The second kappa shape index (κ2) is 9.65. The summed E-state index contributed by atoms with van der Waals surface area (Å²) >= 11 is 0. The minimum absolute atomic E-state index is 0.114. The Morgan fingerprint density at radius 3 is 2.79 bits per heavy atom. The first-order valence-electron chi connectivity index (χ1n) is 11.4. The average molecular weight is 456 g/mol. The molecule has 0 spiro atoms. The Kier molecular flexibility index (Phi) is 6.27. The molecule has 3 heterocycles. The fourth-order valence-electron chi connectivity index (χ4n) is 4.62. The maximum Gasteiger partial charge on any atom is 0.256 e. The molecule has 0 bridgehead atoms. The van der Waals surface area contributed by atoms with E-state index in [1.807, 2.05) is 36.4 Å². The van der Waals surface area contributed by atoms with Gasteiger partial charge in [-0.25, -0.2) is 4.39 Å². The van der Waals surface area contributed by atoms with E-state index in [0.29, 0.717) is 19.5 Å². The average Bonchev–Trinajstić information content (AvgIpc) is 3.36. The van der Waals surface area contributed by atoms with Crippen molar-refractivity contribution in [3.05, 3.63) is 101 Å². The van der Waals surface area contributed by atoms with E-state index in [4.69, 9.17) is 0 Å². The van der Waals surface area contributed by atoms with Crippen molar-refractivity contribution in [2.24, 2.45) is 0 Å². The van der Waals surface area contributed by atoms with Crippen LogP contribution < -0.4 is 0 Å². The van der Waals surface area contributed by atoms with Gasteiger partial charge in [0.25, 0.3) is 5.91 Å². The van der Waals surface area contributed by atoms with Gasteiger partial charge in [-0.2, -0.15) is 10.2 Å². The predicted molar refractivity (Wildman–Crippen MR) is 129 cm³/mol. The van der Waals surface area contributed by atoms with Gasteiger partial charge in [0.1, 0.15) is 5.82 Å². The minimum atomic E-state index is -0.494. The third-order valence-corrected chi connectivity index (χ3v) is 6.53. The van der Waals surface area contributed by atoms with Crippen LogP contribution in [0.15, 0.2) is 73.2 Å². The third-order valence-electron chi connectivity index (χ3n) is 6.53. The topological polar surface area (TPSA) is 62.2 Å². The number of likely N-dealkylation sites (tertiary alicyclic amines) is 1. The third kappa shape index (κ3) is 4.65. The molecule has 0 N–H and O–H groups in total. The summed E-state index contributed by atoms with van der Waals surface area (Å²) < 4.78 is 14.7. The zero-order valence-electron chi connectivity index (χ0n) is 19.1. The monoisotopic (exact) mass is 455 g/mol. The molecule has 0 radical (unpaired) electrons. The summed E-state index contributed by atoms with van der Waals surface area (Å²) in [5, 5.41) is 10.4. The largest absolute Gasteiger partial charge is 0.337 e. The lowest BCUT2D eigenvalue weighted by Gasteiger charge is -2.25. The van der Waals surface area contributed by atoms with Gasteiger partial charge in [-0.1, -0.05) is 30.3 Å². The van der Waals surface area contributed by atoms with Crippen LogP contribution in [0.3, 0.4) is 0 Å².